The minimum Gasteiger partial charge on any atom is -0.446 e. The minimum absolute atomic E-state index is 0.0863. The molecule has 7 aliphatic rings. The van der Waals surface area contributed by atoms with Crippen LogP contribution in [0.5, 0.6) is 0 Å². The van der Waals surface area contributed by atoms with Crippen LogP contribution < -0.4 is 16.4 Å². The van der Waals surface area contributed by atoms with E-state index in [0.717, 1.165) is 70.6 Å². The number of amides is 4. The molecule has 1 aliphatic heterocycles. The van der Waals surface area contributed by atoms with Gasteiger partial charge in [0.2, 0.25) is 17.6 Å². The number of alkyl carbamates (subject to hydrolysis) is 1. The van der Waals surface area contributed by atoms with Gasteiger partial charge in [-0.2, -0.15) is 0 Å². The van der Waals surface area contributed by atoms with Crippen LogP contribution in [0.4, 0.5) is 4.79 Å². The summed E-state index contributed by atoms with van der Waals surface area (Å²) in [5.41, 5.74) is 5.31. The van der Waals surface area contributed by atoms with E-state index in [1.807, 2.05) is 0 Å². The predicted octanol–water partition coefficient (Wildman–Crippen LogP) is 3.60. The molecule has 2 bridgehead atoms. The number of primary amides is 1. The Hall–Kier alpha value is -2.07. The van der Waals surface area contributed by atoms with E-state index in [4.69, 9.17) is 33.7 Å². The second kappa shape index (κ2) is 12.4. The Morgan fingerprint density at radius 1 is 0.907 bits per heavy atom. The lowest BCUT2D eigenvalue weighted by Gasteiger charge is -2.42. The number of fused-ring (bicyclic) bond motifs is 4. The molecule has 1 saturated heterocycles. The van der Waals surface area contributed by atoms with Crippen LogP contribution in [0, 0.1) is 35.5 Å². The number of alkyl halides is 2. The fourth-order valence-corrected chi connectivity index (χ4v) is 9.47. The molecule has 6 saturated carbocycles. The summed E-state index contributed by atoms with van der Waals surface area (Å²) in [5, 5.41) is 5.67. The van der Waals surface area contributed by atoms with Crippen LogP contribution in [0.25, 0.3) is 0 Å². The molecule has 4 amide bonds. The summed E-state index contributed by atoms with van der Waals surface area (Å²) >= 11 is 13.1. The topological polar surface area (TPSA) is 148 Å². The summed E-state index contributed by atoms with van der Waals surface area (Å²) < 4.78 is 4.75. The molecule has 0 aromatic heterocycles. The zero-order valence-corrected chi connectivity index (χ0v) is 26.1. The standard InChI is InChI=1S/C31H44Cl2N4O6/c32-31(33)20-15-37(25(23(20)31)28(40)35-21(26(38)27(34)39)13-16-5-4-6-16)29(41)24(19-7-2-1-3-8-19)36-30(42)43-22-14-17-9-11-18(22)12-10-17/h16-25H,1-15H2,(H2,34,39)(H,35,40)(H,36,42)/t17?,18?,20-,21?,22?,23-,24-,25-/m0/s1. The quantitative estimate of drug-likeness (QED) is 0.246. The third-order valence-electron chi connectivity index (χ3n) is 11.5. The Morgan fingerprint density at radius 3 is 2.19 bits per heavy atom. The number of rotatable bonds is 10. The van der Waals surface area contributed by atoms with Crippen molar-refractivity contribution in [3.05, 3.63) is 0 Å². The van der Waals surface area contributed by atoms with Gasteiger partial charge in [-0.15, -0.1) is 23.2 Å². The maximum atomic E-state index is 14.3. The van der Waals surface area contributed by atoms with Crippen molar-refractivity contribution in [2.45, 2.75) is 118 Å². The summed E-state index contributed by atoms with van der Waals surface area (Å²) in [6, 6.07) is -2.95. The van der Waals surface area contributed by atoms with Crippen molar-refractivity contribution in [3.63, 3.8) is 0 Å². The Balaban J connectivity index is 1.19. The number of carbonyl (C=O) groups excluding carboxylic acids is 5. The number of likely N-dealkylation sites (tertiary alicyclic amines) is 1. The molecule has 238 valence electrons. The van der Waals surface area contributed by atoms with Gasteiger partial charge in [-0.05, 0) is 75.0 Å². The third kappa shape index (κ3) is 6.24. The van der Waals surface area contributed by atoms with Gasteiger partial charge in [0.25, 0.3) is 5.91 Å². The number of nitrogens with one attached hydrogen (secondary N) is 2. The molecule has 43 heavy (non-hydrogen) atoms. The van der Waals surface area contributed by atoms with Crippen LogP contribution in [-0.4, -0.2) is 69.6 Å². The van der Waals surface area contributed by atoms with Crippen LogP contribution >= 0.6 is 23.2 Å². The number of ketones is 1. The Morgan fingerprint density at radius 2 is 1.60 bits per heavy atom. The number of nitrogens with zero attached hydrogens (tertiary/aromatic N) is 1. The number of halogens is 2. The molecule has 7 rings (SSSR count). The highest BCUT2D eigenvalue weighted by atomic mass is 35.5. The molecule has 0 aromatic rings. The number of Topliss-reactive ketones (excluding diaryl/α,β-unsaturated/α-hetero) is 1. The van der Waals surface area contributed by atoms with Crippen molar-refractivity contribution in [1.82, 2.24) is 15.5 Å². The lowest BCUT2D eigenvalue weighted by atomic mass is 9.69. The van der Waals surface area contributed by atoms with Crippen molar-refractivity contribution in [3.8, 4) is 0 Å². The molecular weight excluding hydrogens is 595 g/mol. The highest BCUT2D eigenvalue weighted by Crippen LogP contribution is 2.65. The van der Waals surface area contributed by atoms with Gasteiger partial charge in [-0.1, -0.05) is 38.5 Å². The van der Waals surface area contributed by atoms with Crippen LogP contribution in [0.15, 0.2) is 0 Å². The molecule has 0 aromatic carbocycles. The molecule has 0 radical (unpaired) electrons. The van der Waals surface area contributed by atoms with E-state index in [2.05, 4.69) is 10.6 Å². The number of ether oxygens (including phenoxy) is 1. The highest BCUT2D eigenvalue weighted by Gasteiger charge is 2.74. The van der Waals surface area contributed by atoms with E-state index in [1.165, 1.54) is 17.7 Å². The molecule has 12 heteroatoms. The van der Waals surface area contributed by atoms with Gasteiger partial charge in [0.15, 0.2) is 0 Å². The monoisotopic (exact) mass is 638 g/mol. The van der Waals surface area contributed by atoms with E-state index in [-0.39, 0.29) is 36.3 Å². The smallest absolute Gasteiger partial charge is 0.408 e. The zero-order chi connectivity index (χ0) is 30.5. The molecule has 6 atom stereocenters. The second-order valence-corrected chi connectivity index (χ2v) is 15.5. The van der Waals surface area contributed by atoms with Gasteiger partial charge in [0.1, 0.15) is 22.5 Å². The highest BCUT2D eigenvalue weighted by molar-refractivity contribution is 6.51. The number of piperidine rings is 1. The molecule has 10 nitrogen and oxygen atoms in total. The fraction of sp³-hybridized carbons (Fsp3) is 0.839. The SMILES string of the molecule is NC(=O)C(=O)C(CC1CCC1)NC(=O)[C@@H]1[C@@H]2[C@H](CN1C(=O)[C@@H](NC(=O)OC1CC3CCC1CC3)C1CCCCC1)C2(Cl)Cl. The molecule has 7 fully saturated rings. The zero-order valence-electron chi connectivity index (χ0n) is 24.6. The summed E-state index contributed by atoms with van der Waals surface area (Å²) in [5.74, 6) is -2.64. The molecule has 0 spiro atoms. The minimum atomic E-state index is -1.18. The van der Waals surface area contributed by atoms with Gasteiger partial charge in [0, 0.05) is 18.4 Å². The van der Waals surface area contributed by atoms with Gasteiger partial charge >= 0.3 is 6.09 Å². The number of carbonyl (C=O) groups is 5. The van der Waals surface area contributed by atoms with Crippen molar-refractivity contribution in [2.75, 3.05) is 6.54 Å². The molecule has 1 heterocycles. The van der Waals surface area contributed by atoms with Gasteiger partial charge in [-0.25, -0.2) is 4.79 Å². The van der Waals surface area contributed by atoms with Crippen molar-refractivity contribution < 1.29 is 28.7 Å². The van der Waals surface area contributed by atoms with Gasteiger partial charge in [-0.3, -0.25) is 19.2 Å². The average Bonchev–Trinajstić information content (AvgIpc) is 3.28. The van der Waals surface area contributed by atoms with Crippen molar-refractivity contribution in [2.24, 2.45) is 41.2 Å². The van der Waals surface area contributed by atoms with E-state index in [0.29, 0.717) is 18.3 Å². The Labute approximate surface area is 262 Å². The Kier molecular flexibility index (Phi) is 8.90. The normalized spacial score (nSPS) is 34.3. The fourth-order valence-electron chi connectivity index (χ4n) is 8.64. The summed E-state index contributed by atoms with van der Waals surface area (Å²) in [7, 11) is 0. The molecule has 6 aliphatic carbocycles. The van der Waals surface area contributed by atoms with Crippen LogP contribution in [0.3, 0.4) is 0 Å². The van der Waals surface area contributed by atoms with Crippen LogP contribution in [-0.2, 0) is 23.9 Å². The van der Waals surface area contributed by atoms with Gasteiger partial charge < -0.3 is 26.0 Å². The summed E-state index contributed by atoms with van der Waals surface area (Å²) in [6.45, 7) is 0.165. The lowest BCUT2D eigenvalue weighted by Crippen LogP contribution is -2.60. The van der Waals surface area contributed by atoms with Crippen molar-refractivity contribution >= 4 is 52.8 Å². The first-order valence-corrected chi connectivity index (χ1v) is 17.1. The average molecular weight is 640 g/mol. The van der Waals surface area contributed by atoms with Crippen molar-refractivity contribution in [1.29, 1.82) is 0 Å². The summed E-state index contributed by atoms with van der Waals surface area (Å²) in [4.78, 5) is 67.3. The molecule has 2 unspecified atom stereocenters. The number of hydrogen-bond acceptors (Lipinski definition) is 6. The van der Waals surface area contributed by atoms with E-state index in [1.54, 1.807) is 0 Å². The van der Waals surface area contributed by atoms with Crippen LogP contribution in [0.1, 0.15) is 89.9 Å². The molecule has 4 N–H and O–H groups in total. The van der Waals surface area contributed by atoms with E-state index < -0.39 is 52.1 Å². The van der Waals surface area contributed by atoms with Crippen LogP contribution in [0.2, 0.25) is 0 Å². The maximum Gasteiger partial charge on any atom is 0.408 e. The van der Waals surface area contributed by atoms with E-state index >= 15 is 0 Å². The Bertz CT molecular complexity index is 1130. The maximum absolute atomic E-state index is 14.3. The number of nitrogens with two attached hydrogens (primary N) is 1. The first kappa shape index (κ1) is 30.9. The molecular formula is C31H44Cl2N4O6. The predicted molar refractivity (Wildman–Crippen MR) is 159 cm³/mol. The largest absolute Gasteiger partial charge is 0.446 e. The third-order valence-corrected chi connectivity index (χ3v) is 12.5. The summed E-state index contributed by atoms with van der Waals surface area (Å²) in [6.07, 6.45) is 12.4. The second-order valence-electron chi connectivity index (χ2n) is 14.0. The van der Waals surface area contributed by atoms with E-state index in [9.17, 15) is 24.0 Å². The first-order valence-electron chi connectivity index (χ1n) is 16.3. The lowest BCUT2D eigenvalue weighted by molar-refractivity contribution is -0.144. The number of hydrogen-bond donors (Lipinski definition) is 3. The van der Waals surface area contributed by atoms with Gasteiger partial charge in [0.05, 0.1) is 6.04 Å². The first-order chi connectivity index (χ1) is 20.5.